The van der Waals surface area contributed by atoms with Crippen molar-refractivity contribution in [1.29, 1.82) is 0 Å². The third kappa shape index (κ3) is 5.76. The Morgan fingerprint density at radius 3 is 2.40 bits per heavy atom. The van der Waals surface area contributed by atoms with E-state index in [0.717, 1.165) is 12.8 Å². The van der Waals surface area contributed by atoms with E-state index in [-0.39, 0.29) is 5.78 Å². The molecule has 0 rings (SSSR count). The Balaban J connectivity index is 2.96. The molecule has 0 heterocycles. The lowest BCUT2D eigenvalue weighted by molar-refractivity contribution is -0.123. The minimum absolute atomic E-state index is 0.142. The van der Waals surface area contributed by atoms with Crippen LogP contribution in [0.4, 0.5) is 0 Å². The molecule has 0 aliphatic rings. The summed E-state index contributed by atoms with van der Waals surface area (Å²) in [6, 6.07) is 0. The lowest BCUT2D eigenvalue weighted by Crippen LogP contribution is -2.01. The highest BCUT2D eigenvalue weighted by molar-refractivity contribution is 5.79. The van der Waals surface area contributed by atoms with E-state index in [9.17, 15) is 9.90 Å². The molecule has 0 unspecified atom stereocenters. The van der Waals surface area contributed by atoms with Crippen LogP contribution in [0, 0.1) is 0 Å². The van der Waals surface area contributed by atoms with Gasteiger partial charge in [-0.1, -0.05) is 26.2 Å². The molecule has 0 N–H and O–H groups in total. The van der Waals surface area contributed by atoms with E-state index in [0.29, 0.717) is 6.42 Å². The molecule has 0 aromatic carbocycles. The number of rotatable bonds is 6. The maximum absolute atomic E-state index is 10.5. The van der Waals surface area contributed by atoms with Gasteiger partial charge in [0, 0.05) is 6.42 Å². The van der Waals surface area contributed by atoms with Gasteiger partial charge in [-0.05, 0) is 6.42 Å². The fraction of sp³-hybridized carbons (Fsp3) is 0.875. The Morgan fingerprint density at radius 1 is 1.20 bits per heavy atom. The minimum Gasteiger partial charge on any atom is -0.297 e. The van der Waals surface area contributed by atoms with E-state index in [1.54, 1.807) is 0 Å². The molecule has 1 radical (unpaired) electrons. The first-order valence-corrected chi connectivity index (χ1v) is 3.91. The molecule has 10 heavy (non-hydrogen) atoms. The average molecular weight is 143 g/mol. The van der Waals surface area contributed by atoms with Gasteiger partial charge in [0.15, 0.2) is 5.78 Å². The highest BCUT2D eigenvalue weighted by Crippen LogP contribution is 2.02. The van der Waals surface area contributed by atoms with Crippen molar-refractivity contribution < 1.29 is 9.90 Å². The van der Waals surface area contributed by atoms with Crippen LogP contribution in [0.25, 0.3) is 0 Å². The van der Waals surface area contributed by atoms with Crippen LogP contribution in [-0.2, 0) is 9.90 Å². The molecule has 0 aromatic heterocycles. The maximum Gasteiger partial charge on any atom is 0.161 e. The second-order valence-corrected chi connectivity index (χ2v) is 2.49. The number of carbonyl (C=O) groups excluding carboxylic acids is 1. The molecule has 59 valence electrons. The van der Waals surface area contributed by atoms with Crippen LogP contribution >= 0.6 is 0 Å². The summed E-state index contributed by atoms with van der Waals surface area (Å²) in [5.41, 5.74) is 0. The lowest BCUT2D eigenvalue weighted by Gasteiger charge is -1.95. The summed E-state index contributed by atoms with van der Waals surface area (Å²) in [6.45, 7) is 1.58. The zero-order valence-corrected chi connectivity index (χ0v) is 6.56. The number of hydrogen-bond acceptors (Lipinski definition) is 1. The topological polar surface area (TPSA) is 37.0 Å². The van der Waals surface area contributed by atoms with Crippen LogP contribution in [0.15, 0.2) is 0 Å². The van der Waals surface area contributed by atoms with Crippen molar-refractivity contribution in [2.75, 3.05) is 6.61 Å². The molecule has 0 saturated heterocycles. The monoisotopic (exact) mass is 143 g/mol. The number of Topliss-reactive ketones (excluding diaryl/α,β-unsaturated/α-hetero) is 1. The average Bonchev–Trinajstić information content (AvgIpc) is 1.98. The first kappa shape index (κ1) is 9.63. The smallest absolute Gasteiger partial charge is 0.161 e. The standard InChI is InChI=1S/C8H15O2/c1-2-3-4-5-6-8(10)7-9/h2-7H2,1H3. The minimum atomic E-state index is -0.536. The molecule has 2 nitrogen and oxygen atoms in total. The van der Waals surface area contributed by atoms with E-state index < -0.39 is 6.61 Å². The van der Waals surface area contributed by atoms with Crippen LogP contribution in [0.5, 0.6) is 0 Å². The normalized spacial score (nSPS) is 9.80. The SMILES string of the molecule is CCCCCCC(=O)C[O]. The Kier molecular flexibility index (Phi) is 6.50. The Morgan fingerprint density at radius 2 is 1.90 bits per heavy atom. The summed E-state index contributed by atoms with van der Waals surface area (Å²) in [7, 11) is 0. The summed E-state index contributed by atoms with van der Waals surface area (Å²) < 4.78 is 0. The second-order valence-electron chi connectivity index (χ2n) is 2.49. The summed E-state index contributed by atoms with van der Waals surface area (Å²) in [6.07, 6.45) is 4.82. The number of hydrogen-bond donors (Lipinski definition) is 0. The predicted octanol–water partition coefficient (Wildman–Crippen LogP) is 1.96. The first-order chi connectivity index (χ1) is 4.81. The van der Waals surface area contributed by atoms with Gasteiger partial charge in [0.05, 0.1) is 0 Å². The van der Waals surface area contributed by atoms with Crippen LogP contribution in [0.3, 0.4) is 0 Å². The highest BCUT2D eigenvalue weighted by Gasteiger charge is 1.98. The molecule has 0 atom stereocenters. The predicted molar refractivity (Wildman–Crippen MR) is 39.3 cm³/mol. The molecule has 0 aliphatic carbocycles. The van der Waals surface area contributed by atoms with Gasteiger partial charge in [-0.2, -0.15) is 0 Å². The van der Waals surface area contributed by atoms with Gasteiger partial charge in [-0.3, -0.25) is 4.79 Å². The van der Waals surface area contributed by atoms with Crippen molar-refractivity contribution in [1.82, 2.24) is 0 Å². The highest BCUT2D eigenvalue weighted by atomic mass is 16.3. The van der Waals surface area contributed by atoms with Gasteiger partial charge in [0.1, 0.15) is 6.61 Å². The third-order valence-corrected chi connectivity index (χ3v) is 1.47. The van der Waals surface area contributed by atoms with E-state index in [4.69, 9.17) is 0 Å². The van der Waals surface area contributed by atoms with Crippen molar-refractivity contribution in [3.8, 4) is 0 Å². The molecular formula is C8H15O2. The van der Waals surface area contributed by atoms with Crippen molar-refractivity contribution in [2.45, 2.75) is 39.0 Å². The zero-order valence-electron chi connectivity index (χ0n) is 6.56. The molecule has 0 fully saturated rings. The van der Waals surface area contributed by atoms with E-state index >= 15 is 0 Å². The second kappa shape index (κ2) is 6.75. The van der Waals surface area contributed by atoms with Gasteiger partial charge in [-0.15, -0.1) is 0 Å². The zero-order chi connectivity index (χ0) is 7.82. The molecule has 0 spiro atoms. The first-order valence-electron chi connectivity index (χ1n) is 3.91. The maximum atomic E-state index is 10.5. The quantitative estimate of drug-likeness (QED) is 0.523. The lowest BCUT2D eigenvalue weighted by atomic mass is 10.1. The van der Waals surface area contributed by atoms with E-state index in [1.165, 1.54) is 12.8 Å². The molecule has 0 amide bonds. The van der Waals surface area contributed by atoms with E-state index in [2.05, 4.69) is 6.92 Å². The van der Waals surface area contributed by atoms with Crippen LogP contribution in [0.1, 0.15) is 39.0 Å². The Labute approximate surface area is 62.2 Å². The number of carbonyl (C=O) groups is 1. The fourth-order valence-corrected chi connectivity index (χ4v) is 0.821. The van der Waals surface area contributed by atoms with E-state index in [1.807, 2.05) is 0 Å². The van der Waals surface area contributed by atoms with Crippen LogP contribution < -0.4 is 0 Å². The third-order valence-electron chi connectivity index (χ3n) is 1.47. The number of unbranched alkanes of at least 4 members (excludes halogenated alkanes) is 3. The molecule has 0 bridgehead atoms. The van der Waals surface area contributed by atoms with Crippen LogP contribution in [-0.4, -0.2) is 12.4 Å². The van der Waals surface area contributed by atoms with Crippen LogP contribution in [0.2, 0.25) is 0 Å². The summed E-state index contributed by atoms with van der Waals surface area (Å²) in [5, 5.41) is 9.94. The summed E-state index contributed by atoms with van der Waals surface area (Å²) in [4.78, 5) is 10.5. The largest absolute Gasteiger partial charge is 0.297 e. The Hall–Kier alpha value is -0.370. The molecule has 0 aromatic rings. The number of ketones is 1. The van der Waals surface area contributed by atoms with Gasteiger partial charge in [0.2, 0.25) is 0 Å². The summed E-state index contributed by atoms with van der Waals surface area (Å²) >= 11 is 0. The molecular weight excluding hydrogens is 128 g/mol. The Bertz CT molecular complexity index is 89.3. The summed E-state index contributed by atoms with van der Waals surface area (Å²) in [5.74, 6) is -0.142. The van der Waals surface area contributed by atoms with Gasteiger partial charge in [0.25, 0.3) is 0 Å². The van der Waals surface area contributed by atoms with Crippen molar-refractivity contribution in [2.24, 2.45) is 0 Å². The van der Waals surface area contributed by atoms with Gasteiger partial charge in [-0.25, -0.2) is 5.11 Å². The molecule has 0 aliphatic heterocycles. The van der Waals surface area contributed by atoms with Gasteiger partial charge < -0.3 is 0 Å². The molecule has 0 saturated carbocycles. The van der Waals surface area contributed by atoms with Gasteiger partial charge >= 0.3 is 0 Å². The molecule has 2 heteroatoms. The van der Waals surface area contributed by atoms with Crippen molar-refractivity contribution in [3.63, 3.8) is 0 Å². The van der Waals surface area contributed by atoms with Crippen molar-refractivity contribution >= 4 is 5.78 Å². The fourth-order valence-electron chi connectivity index (χ4n) is 0.821. The van der Waals surface area contributed by atoms with Crippen molar-refractivity contribution in [3.05, 3.63) is 0 Å².